The van der Waals surface area contributed by atoms with Gasteiger partial charge in [0.1, 0.15) is 12.1 Å². The van der Waals surface area contributed by atoms with Gasteiger partial charge < -0.3 is 15.0 Å². The highest BCUT2D eigenvalue weighted by Crippen LogP contribution is 2.45. The molecule has 0 aromatic rings. The van der Waals surface area contributed by atoms with E-state index < -0.39 is 11.6 Å². The van der Waals surface area contributed by atoms with Gasteiger partial charge in [-0.25, -0.2) is 4.79 Å². The molecule has 0 radical (unpaired) electrons. The van der Waals surface area contributed by atoms with E-state index >= 15 is 0 Å². The van der Waals surface area contributed by atoms with Crippen LogP contribution in [0.15, 0.2) is 0 Å². The number of carbonyl (C=O) groups is 3. The monoisotopic (exact) mass is 432 g/mol. The van der Waals surface area contributed by atoms with Crippen LogP contribution >= 0.6 is 0 Å². The van der Waals surface area contributed by atoms with E-state index in [1.807, 2.05) is 0 Å². The number of amides is 4. The molecule has 1 spiro atoms. The van der Waals surface area contributed by atoms with Crippen molar-refractivity contribution in [2.45, 2.75) is 83.7 Å². The van der Waals surface area contributed by atoms with Crippen molar-refractivity contribution in [3.05, 3.63) is 0 Å². The van der Waals surface area contributed by atoms with Gasteiger partial charge >= 0.3 is 6.03 Å². The van der Waals surface area contributed by atoms with Crippen LogP contribution in [0.5, 0.6) is 0 Å². The molecule has 0 atom stereocenters. The number of rotatable bonds is 7. The SMILES string of the molecule is CCC(C)(C)C1CCC2(CC1)NC(=O)N(CC(=O)N(CCC#N)C1CCOCC1)C2=O. The molecule has 1 N–H and O–H groups in total. The van der Waals surface area contributed by atoms with Crippen LogP contribution in [0.25, 0.3) is 0 Å². The number of nitriles is 1. The first-order chi connectivity index (χ1) is 14.7. The Morgan fingerprint density at radius 3 is 2.48 bits per heavy atom. The lowest BCUT2D eigenvalue weighted by atomic mass is 9.65. The van der Waals surface area contributed by atoms with Crippen LogP contribution < -0.4 is 5.32 Å². The van der Waals surface area contributed by atoms with E-state index in [-0.39, 0.29) is 36.2 Å². The molecule has 3 rings (SSSR count). The number of nitrogens with one attached hydrogen (secondary N) is 1. The Morgan fingerprint density at radius 2 is 1.90 bits per heavy atom. The highest BCUT2D eigenvalue weighted by molar-refractivity contribution is 6.09. The quantitative estimate of drug-likeness (QED) is 0.623. The van der Waals surface area contributed by atoms with Crippen molar-refractivity contribution >= 4 is 17.8 Å². The van der Waals surface area contributed by atoms with Gasteiger partial charge in [-0.15, -0.1) is 0 Å². The van der Waals surface area contributed by atoms with E-state index in [0.29, 0.717) is 51.4 Å². The average Bonchev–Trinajstić information content (AvgIpc) is 2.99. The molecule has 4 amide bonds. The van der Waals surface area contributed by atoms with Crippen molar-refractivity contribution in [1.82, 2.24) is 15.1 Å². The van der Waals surface area contributed by atoms with Crippen LogP contribution in [0.1, 0.15) is 72.1 Å². The first-order valence-corrected chi connectivity index (χ1v) is 11.6. The molecule has 2 saturated heterocycles. The molecule has 3 fully saturated rings. The molecule has 2 aliphatic heterocycles. The fraction of sp³-hybridized carbons (Fsp3) is 0.826. The van der Waals surface area contributed by atoms with Gasteiger partial charge in [-0.2, -0.15) is 5.26 Å². The topological polar surface area (TPSA) is 103 Å². The molecule has 8 heteroatoms. The molecule has 0 unspecified atom stereocenters. The maximum atomic E-state index is 13.3. The summed E-state index contributed by atoms with van der Waals surface area (Å²) >= 11 is 0. The van der Waals surface area contributed by atoms with E-state index in [9.17, 15) is 14.4 Å². The first-order valence-electron chi connectivity index (χ1n) is 11.6. The van der Waals surface area contributed by atoms with Crippen LogP contribution in [-0.4, -0.2) is 65.5 Å². The summed E-state index contributed by atoms with van der Waals surface area (Å²) in [5.74, 6) is -0.0205. The molecule has 31 heavy (non-hydrogen) atoms. The predicted molar refractivity (Wildman–Crippen MR) is 115 cm³/mol. The molecule has 0 aromatic heterocycles. The normalized spacial score (nSPS) is 27.3. The summed E-state index contributed by atoms with van der Waals surface area (Å²) in [6.07, 6.45) is 5.74. The van der Waals surface area contributed by atoms with Crippen molar-refractivity contribution in [3.63, 3.8) is 0 Å². The minimum atomic E-state index is -0.867. The number of urea groups is 1. The maximum Gasteiger partial charge on any atom is 0.325 e. The molecular weight excluding hydrogens is 396 g/mol. The summed E-state index contributed by atoms with van der Waals surface area (Å²) in [4.78, 5) is 41.8. The zero-order valence-electron chi connectivity index (χ0n) is 19.1. The standard InChI is InChI=1S/C23H36N4O4/c1-4-22(2,3)17-6-10-23(11-7-17)20(29)27(21(30)25-23)16-19(28)26(13-5-12-24)18-8-14-31-15-9-18/h17-18H,4-11,13-16H2,1-3H3,(H,25,30). The Morgan fingerprint density at radius 1 is 1.26 bits per heavy atom. The van der Waals surface area contributed by atoms with Crippen molar-refractivity contribution in [2.24, 2.45) is 11.3 Å². The fourth-order valence-corrected chi connectivity index (χ4v) is 5.24. The maximum absolute atomic E-state index is 13.3. The third-order valence-corrected chi connectivity index (χ3v) is 7.81. The van der Waals surface area contributed by atoms with Gasteiger partial charge in [0.25, 0.3) is 5.91 Å². The second kappa shape index (κ2) is 9.56. The molecule has 2 heterocycles. The summed E-state index contributed by atoms with van der Waals surface area (Å²) in [6.45, 7) is 7.91. The van der Waals surface area contributed by atoms with Crippen molar-refractivity contribution in [1.29, 1.82) is 5.26 Å². The summed E-state index contributed by atoms with van der Waals surface area (Å²) in [5, 5.41) is 11.9. The van der Waals surface area contributed by atoms with Crippen LogP contribution in [0.3, 0.4) is 0 Å². The number of imide groups is 1. The van der Waals surface area contributed by atoms with E-state index in [4.69, 9.17) is 10.00 Å². The molecule has 0 aromatic carbocycles. The Hall–Kier alpha value is -2.14. The number of ether oxygens (including phenoxy) is 1. The highest BCUT2D eigenvalue weighted by Gasteiger charge is 2.54. The molecular formula is C23H36N4O4. The Balaban J connectivity index is 1.66. The van der Waals surface area contributed by atoms with Crippen molar-refractivity contribution in [3.8, 4) is 6.07 Å². The van der Waals surface area contributed by atoms with E-state index in [0.717, 1.165) is 24.2 Å². The molecule has 1 aliphatic carbocycles. The van der Waals surface area contributed by atoms with Gasteiger partial charge in [-0.3, -0.25) is 14.5 Å². The highest BCUT2D eigenvalue weighted by atomic mass is 16.5. The number of hydrogen-bond donors (Lipinski definition) is 1. The van der Waals surface area contributed by atoms with Gasteiger partial charge in [0.05, 0.1) is 12.5 Å². The van der Waals surface area contributed by atoms with Gasteiger partial charge in [0, 0.05) is 25.8 Å². The Bertz CT molecular complexity index is 730. The predicted octanol–water partition coefficient (Wildman–Crippen LogP) is 2.82. The van der Waals surface area contributed by atoms with E-state index in [2.05, 4.69) is 32.2 Å². The molecule has 0 bridgehead atoms. The largest absolute Gasteiger partial charge is 0.381 e. The summed E-state index contributed by atoms with van der Waals surface area (Å²) < 4.78 is 5.39. The van der Waals surface area contributed by atoms with Gasteiger partial charge in [-0.1, -0.05) is 27.2 Å². The lowest BCUT2D eigenvalue weighted by molar-refractivity contribution is -0.142. The van der Waals surface area contributed by atoms with Gasteiger partial charge in [0.15, 0.2) is 0 Å². The summed E-state index contributed by atoms with van der Waals surface area (Å²) in [6, 6.07) is 1.59. The third kappa shape index (κ3) is 4.87. The second-order valence-corrected chi connectivity index (χ2v) is 9.86. The lowest BCUT2D eigenvalue weighted by Crippen LogP contribution is -2.52. The minimum Gasteiger partial charge on any atom is -0.381 e. The molecule has 172 valence electrons. The Labute approximate surface area is 185 Å². The minimum absolute atomic E-state index is 0.0176. The van der Waals surface area contributed by atoms with Crippen LogP contribution in [0, 0.1) is 22.7 Å². The van der Waals surface area contributed by atoms with Crippen molar-refractivity contribution < 1.29 is 19.1 Å². The number of nitrogens with zero attached hydrogens (tertiary/aromatic N) is 3. The summed E-state index contributed by atoms with van der Waals surface area (Å²) in [7, 11) is 0. The third-order valence-electron chi connectivity index (χ3n) is 7.81. The average molecular weight is 433 g/mol. The van der Waals surface area contributed by atoms with Crippen molar-refractivity contribution in [2.75, 3.05) is 26.3 Å². The second-order valence-electron chi connectivity index (χ2n) is 9.86. The van der Waals surface area contributed by atoms with Crippen LogP contribution in [0.2, 0.25) is 0 Å². The Kier molecular flexibility index (Phi) is 7.25. The first kappa shape index (κ1) is 23.5. The number of carbonyl (C=O) groups excluding carboxylic acids is 3. The fourth-order valence-electron chi connectivity index (χ4n) is 5.24. The number of hydrogen-bond acceptors (Lipinski definition) is 5. The smallest absolute Gasteiger partial charge is 0.325 e. The lowest BCUT2D eigenvalue weighted by Gasteiger charge is -2.42. The van der Waals surface area contributed by atoms with E-state index in [1.54, 1.807) is 4.90 Å². The van der Waals surface area contributed by atoms with Gasteiger partial charge in [0.2, 0.25) is 5.91 Å². The van der Waals surface area contributed by atoms with E-state index in [1.165, 1.54) is 0 Å². The molecule has 1 saturated carbocycles. The van der Waals surface area contributed by atoms with Gasteiger partial charge in [-0.05, 0) is 49.9 Å². The zero-order chi connectivity index (χ0) is 22.6. The molecule has 8 nitrogen and oxygen atoms in total. The van der Waals surface area contributed by atoms with Crippen LogP contribution in [-0.2, 0) is 14.3 Å². The summed E-state index contributed by atoms with van der Waals surface area (Å²) in [5.41, 5.74) is -0.651. The molecule has 3 aliphatic rings. The van der Waals surface area contributed by atoms with Crippen LogP contribution in [0.4, 0.5) is 4.79 Å². The zero-order valence-corrected chi connectivity index (χ0v) is 19.1.